The lowest BCUT2D eigenvalue weighted by molar-refractivity contribution is 0.146. The summed E-state index contributed by atoms with van der Waals surface area (Å²) in [6, 6.07) is 6.05. The average Bonchev–Trinajstić information content (AvgIpc) is 3.30. The Labute approximate surface area is 193 Å². The van der Waals surface area contributed by atoms with Crippen molar-refractivity contribution in [2.24, 2.45) is 12.0 Å². The molecule has 2 aromatic heterocycles. The van der Waals surface area contributed by atoms with Crippen LogP contribution in [-0.2, 0) is 13.6 Å². The molecule has 0 aromatic carbocycles. The summed E-state index contributed by atoms with van der Waals surface area (Å²) in [5.74, 6) is 1.72. The summed E-state index contributed by atoms with van der Waals surface area (Å²) in [7, 11) is 3.66. The molecule has 0 radical (unpaired) electrons. The second-order valence-corrected chi connectivity index (χ2v) is 7.53. The number of piperidine rings is 1. The maximum atomic E-state index is 6.13. The Bertz CT molecular complexity index is 757. The molecule has 1 aliphatic rings. The zero-order valence-electron chi connectivity index (χ0n) is 16.3. The van der Waals surface area contributed by atoms with Gasteiger partial charge in [-0.25, -0.2) is 0 Å². The zero-order chi connectivity index (χ0) is 19.2. The molecule has 156 valence electrons. The van der Waals surface area contributed by atoms with Crippen molar-refractivity contribution >= 4 is 53.1 Å². The van der Waals surface area contributed by atoms with Gasteiger partial charge in [-0.3, -0.25) is 9.89 Å². The molecule has 0 amide bonds. The van der Waals surface area contributed by atoms with Crippen molar-refractivity contribution in [1.29, 1.82) is 0 Å². The van der Waals surface area contributed by atoms with E-state index in [1.807, 2.05) is 29.8 Å². The number of aromatic nitrogens is 1. The van der Waals surface area contributed by atoms with Gasteiger partial charge in [0.25, 0.3) is 0 Å². The van der Waals surface area contributed by atoms with Crippen LogP contribution in [0.2, 0.25) is 10.2 Å². The molecule has 1 saturated heterocycles. The molecule has 0 bridgehead atoms. The third kappa shape index (κ3) is 5.81. The number of likely N-dealkylation sites (tertiary alicyclic amines) is 1. The summed E-state index contributed by atoms with van der Waals surface area (Å²) >= 11 is 12.2. The second-order valence-electron chi connectivity index (χ2n) is 6.77. The molecule has 1 fully saturated rings. The molecule has 2 N–H and O–H groups in total. The lowest BCUT2D eigenvalue weighted by Crippen LogP contribution is -2.44. The number of nitrogens with zero attached hydrogens (tertiary/aromatic N) is 3. The minimum Gasteiger partial charge on any atom is -0.468 e. The Balaban J connectivity index is 0.00000280. The Morgan fingerprint density at radius 1 is 1.25 bits per heavy atom. The summed E-state index contributed by atoms with van der Waals surface area (Å²) in [6.07, 6.45) is 5.51. The highest BCUT2D eigenvalue weighted by molar-refractivity contribution is 14.0. The maximum Gasteiger partial charge on any atom is 0.191 e. The van der Waals surface area contributed by atoms with Gasteiger partial charge >= 0.3 is 0 Å². The molecule has 1 atom stereocenters. The Morgan fingerprint density at radius 2 is 2.00 bits per heavy atom. The van der Waals surface area contributed by atoms with Crippen molar-refractivity contribution < 1.29 is 4.42 Å². The lowest BCUT2D eigenvalue weighted by Gasteiger charge is -2.33. The van der Waals surface area contributed by atoms with E-state index in [1.54, 1.807) is 13.3 Å². The minimum atomic E-state index is 0. The number of hydrogen-bond donors (Lipinski definition) is 2. The van der Waals surface area contributed by atoms with Gasteiger partial charge in [0.2, 0.25) is 0 Å². The van der Waals surface area contributed by atoms with Crippen molar-refractivity contribution in [2.45, 2.75) is 31.8 Å². The second kappa shape index (κ2) is 11.3. The fourth-order valence-electron chi connectivity index (χ4n) is 3.47. The molecule has 2 aromatic rings. The highest BCUT2D eigenvalue weighted by Gasteiger charge is 2.24. The van der Waals surface area contributed by atoms with Crippen molar-refractivity contribution in [3.8, 4) is 0 Å². The van der Waals surface area contributed by atoms with E-state index in [-0.39, 0.29) is 30.0 Å². The van der Waals surface area contributed by atoms with E-state index in [2.05, 4.69) is 20.5 Å². The number of rotatable bonds is 6. The van der Waals surface area contributed by atoms with Crippen LogP contribution in [0.4, 0.5) is 0 Å². The third-order valence-corrected chi connectivity index (χ3v) is 5.88. The molecule has 1 aliphatic heterocycles. The van der Waals surface area contributed by atoms with Crippen LogP contribution >= 0.6 is 47.2 Å². The smallest absolute Gasteiger partial charge is 0.191 e. The summed E-state index contributed by atoms with van der Waals surface area (Å²) in [5, 5.41) is 7.85. The lowest BCUT2D eigenvalue weighted by atomic mass is 10.1. The van der Waals surface area contributed by atoms with E-state index in [1.165, 1.54) is 19.3 Å². The van der Waals surface area contributed by atoms with Crippen LogP contribution in [0.15, 0.2) is 33.9 Å². The molecule has 3 heterocycles. The first-order chi connectivity index (χ1) is 13.1. The molecule has 0 spiro atoms. The largest absolute Gasteiger partial charge is 0.468 e. The fraction of sp³-hybridized carbons (Fsp3) is 0.526. The van der Waals surface area contributed by atoms with E-state index >= 15 is 0 Å². The molecule has 9 heteroatoms. The molecule has 0 aliphatic carbocycles. The average molecular weight is 540 g/mol. The Hall–Kier alpha value is -0.900. The topological polar surface area (TPSA) is 57.7 Å². The predicted molar refractivity (Wildman–Crippen MR) is 126 cm³/mol. The van der Waals surface area contributed by atoms with Crippen LogP contribution in [0.5, 0.6) is 0 Å². The van der Waals surface area contributed by atoms with E-state index in [9.17, 15) is 0 Å². The van der Waals surface area contributed by atoms with Crippen LogP contribution in [-0.4, -0.2) is 42.1 Å². The van der Waals surface area contributed by atoms with Gasteiger partial charge in [-0.2, -0.15) is 0 Å². The predicted octanol–water partition coefficient (Wildman–Crippen LogP) is 4.44. The summed E-state index contributed by atoms with van der Waals surface area (Å²) in [4.78, 5) is 6.82. The SMILES string of the molecule is CN=C(NCc1cc(Cl)c(Cl)n1C)NCC(c1ccco1)N1CCCCC1.I. The Kier molecular flexibility index (Phi) is 9.46. The van der Waals surface area contributed by atoms with E-state index in [0.717, 1.165) is 37.0 Å². The number of halogens is 3. The maximum absolute atomic E-state index is 6.13. The quantitative estimate of drug-likeness (QED) is 0.324. The molecule has 0 saturated carbocycles. The molecular formula is C19H28Cl2IN5O. The minimum absolute atomic E-state index is 0. The van der Waals surface area contributed by atoms with Gasteiger partial charge in [-0.1, -0.05) is 29.6 Å². The first kappa shape index (κ1) is 23.4. The number of guanidine groups is 1. The van der Waals surface area contributed by atoms with Crippen LogP contribution in [0, 0.1) is 0 Å². The van der Waals surface area contributed by atoms with Crippen molar-refractivity contribution in [1.82, 2.24) is 20.1 Å². The first-order valence-electron chi connectivity index (χ1n) is 9.31. The van der Waals surface area contributed by atoms with Gasteiger partial charge in [0.05, 0.1) is 23.9 Å². The van der Waals surface area contributed by atoms with Crippen molar-refractivity contribution in [3.05, 3.63) is 46.1 Å². The van der Waals surface area contributed by atoms with Crippen molar-refractivity contribution in [2.75, 3.05) is 26.7 Å². The molecule has 1 unspecified atom stereocenters. The number of aliphatic imine (C=N–C) groups is 1. The highest BCUT2D eigenvalue weighted by Crippen LogP contribution is 2.25. The standard InChI is InChI=1S/C19H27Cl2N5O.HI/c1-22-19(23-12-14-11-15(20)18(21)25(14)2)24-13-16(17-7-6-10-27-17)26-8-4-3-5-9-26;/h6-7,10-11,16H,3-5,8-9,12-13H2,1-2H3,(H2,22,23,24);1H. The van der Waals surface area contributed by atoms with Crippen LogP contribution in [0.1, 0.15) is 36.8 Å². The van der Waals surface area contributed by atoms with Crippen LogP contribution < -0.4 is 10.6 Å². The summed E-state index contributed by atoms with van der Waals surface area (Å²) < 4.78 is 7.57. The fourth-order valence-corrected chi connectivity index (χ4v) is 3.88. The van der Waals surface area contributed by atoms with Gasteiger partial charge in [-0.05, 0) is 44.1 Å². The van der Waals surface area contributed by atoms with E-state index < -0.39 is 0 Å². The third-order valence-electron chi connectivity index (χ3n) is 5.04. The zero-order valence-corrected chi connectivity index (χ0v) is 20.1. The number of furan rings is 1. The van der Waals surface area contributed by atoms with Gasteiger partial charge < -0.3 is 19.6 Å². The first-order valence-corrected chi connectivity index (χ1v) is 10.1. The normalized spacial score (nSPS) is 16.5. The molecular weight excluding hydrogens is 512 g/mol. The van der Waals surface area contributed by atoms with Crippen LogP contribution in [0.25, 0.3) is 0 Å². The molecule has 6 nitrogen and oxygen atoms in total. The van der Waals surface area contributed by atoms with Crippen LogP contribution in [0.3, 0.4) is 0 Å². The Morgan fingerprint density at radius 3 is 2.57 bits per heavy atom. The molecule has 28 heavy (non-hydrogen) atoms. The summed E-state index contributed by atoms with van der Waals surface area (Å²) in [6.45, 7) is 3.50. The number of nitrogens with one attached hydrogen (secondary N) is 2. The monoisotopic (exact) mass is 539 g/mol. The van der Waals surface area contributed by atoms with E-state index in [4.69, 9.17) is 27.6 Å². The van der Waals surface area contributed by atoms with Gasteiger partial charge in [0.15, 0.2) is 5.96 Å². The van der Waals surface area contributed by atoms with E-state index in [0.29, 0.717) is 16.7 Å². The molecule has 3 rings (SSSR count). The van der Waals surface area contributed by atoms with Gasteiger partial charge in [-0.15, -0.1) is 24.0 Å². The van der Waals surface area contributed by atoms with Gasteiger partial charge in [0.1, 0.15) is 10.9 Å². The highest BCUT2D eigenvalue weighted by atomic mass is 127. The van der Waals surface area contributed by atoms with Crippen molar-refractivity contribution in [3.63, 3.8) is 0 Å². The summed E-state index contributed by atoms with van der Waals surface area (Å²) in [5.41, 5.74) is 0.992. The number of hydrogen-bond acceptors (Lipinski definition) is 3. The van der Waals surface area contributed by atoms with Gasteiger partial charge in [0, 0.05) is 26.3 Å².